The van der Waals surface area contributed by atoms with Gasteiger partial charge in [-0.1, -0.05) is 42.5 Å². The van der Waals surface area contributed by atoms with Crippen LogP contribution in [0, 0.1) is 0 Å². The standard InChI is InChI=1S/C16H18NO4P/c18-16(17(19)11-4-12-22(20)21)15-9-7-14(8-10-15)13-5-2-1-3-6-13/h1-3,5-10,19,22H,4,11-12H2,(H,20,21). The Balaban J connectivity index is 2.00. The van der Waals surface area contributed by atoms with Crippen LogP contribution in [0.1, 0.15) is 16.8 Å². The predicted octanol–water partition coefficient (Wildman–Crippen LogP) is 3.04. The molecule has 5 nitrogen and oxygen atoms in total. The second-order valence-corrected chi connectivity index (χ2v) is 6.16. The molecule has 1 atom stereocenters. The first-order valence-electron chi connectivity index (χ1n) is 6.96. The molecule has 0 fully saturated rings. The highest BCUT2D eigenvalue weighted by atomic mass is 31.1. The van der Waals surface area contributed by atoms with Crippen molar-refractivity contribution in [2.75, 3.05) is 12.7 Å². The number of benzene rings is 2. The van der Waals surface area contributed by atoms with Gasteiger partial charge in [0.1, 0.15) is 0 Å². The van der Waals surface area contributed by atoms with E-state index in [9.17, 15) is 14.6 Å². The fourth-order valence-corrected chi connectivity index (χ4v) is 2.53. The van der Waals surface area contributed by atoms with Crippen LogP contribution in [-0.4, -0.2) is 33.8 Å². The Morgan fingerprint density at radius 2 is 1.59 bits per heavy atom. The number of hydrogen-bond acceptors (Lipinski definition) is 3. The molecule has 2 aromatic carbocycles. The summed E-state index contributed by atoms with van der Waals surface area (Å²) in [6.07, 6.45) is 0.389. The molecular formula is C16H18NO4P. The Kier molecular flexibility index (Phi) is 5.90. The quantitative estimate of drug-likeness (QED) is 0.487. The minimum absolute atomic E-state index is 0.0379. The number of carbonyl (C=O) groups excluding carboxylic acids is 1. The van der Waals surface area contributed by atoms with Crippen molar-refractivity contribution in [1.82, 2.24) is 5.06 Å². The summed E-state index contributed by atoms with van der Waals surface area (Å²) in [5.41, 5.74) is 2.41. The first-order valence-corrected chi connectivity index (χ1v) is 8.52. The third-order valence-corrected chi connectivity index (χ3v) is 4.02. The lowest BCUT2D eigenvalue weighted by Gasteiger charge is -2.14. The average molecular weight is 319 g/mol. The minimum Gasteiger partial charge on any atom is -0.346 e. The monoisotopic (exact) mass is 319 g/mol. The van der Waals surface area contributed by atoms with E-state index in [1.165, 1.54) is 0 Å². The summed E-state index contributed by atoms with van der Waals surface area (Å²) in [6, 6.07) is 16.7. The van der Waals surface area contributed by atoms with Crippen LogP contribution < -0.4 is 0 Å². The maximum absolute atomic E-state index is 12.0. The fourth-order valence-electron chi connectivity index (χ4n) is 2.07. The van der Waals surface area contributed by atoms with Gasteiger partial charge in [0.2, 0.25) is 0 Å². The largest absolute Gasteiger partial charge is 0.346 e. The van der Waals surface area contributed by atoms with Gasteiger partial charge in [-0.2, -0.15) is 0 Å². The fraction of sp³-hybridized carbons (Fsp3) is 0.188. The van der Waals surface area contributed by atoms with Crippen LogP contribution in [-0.2, 0) is 4.57 Å². The van der Waals surface area contributed by atoms with E-state index >= 15 is 0 Å². The lowest BCUT2D eigenvalue weighted by molar-refractivity contribution is -0.0577. The molecule has 0 saturated heterocycles. The summed E-state index contributed by atoms with van der Waals surface area (Å²) in [5.74, 6) is -0.516. The van der Waals surface area contributed by atoms with Gasteiger partial charge < -0.3 is 4.89 Å². The summed E-state index contributed by atoms with van der Waals surface area (Å²) in [5, 5.41) is 10.3. The molecule has 0 aliphatic heterocycles. The topological polar surface area (TPSA) is 77.8 Å². The van der Waals surface area contributed by atoms with E-state index < -0.39 is 13.9 Å². The van der Waals surface area contributed by atoms with Crippen LogP contribution >= 0.6 is 8.03 Å². The van der Waals surface area contributed by atoms with Crippen LogP contribution in [0.3, 0.4) is 0 Å². The van der Waals surface area contributed by atoms with Crippen molar-refractivity contribution < 1.29 is 19.5 Å². The minimum atomic E-state index is -2.55. The van der Waals surface area contributed by atoms with Crippen molar-refractivity contribution in [3.05, 3.63) is 60.2 Å². The molecular weight excluding hydrogens is 301 g/mol. The molecule has 0 bridgehead atoms. The van der Waals surface area contributed by atoms with E-state index in [4.69, 9.17) is 4.89 Å². The first kappa shape index (κ1) is 16.4. The molecule has 0 heterocycles. The Labute approximate surface area is 129 Å². The smallest absolute Gasteiger partial charge is 0.277 e. The highest BCUT2D eigenvalue weighted by Crippen LogP contribution is 2.20. The molecule has 1 amide bonds. The molecule has 0 radical (unpaired) electrons. The number of nitrogens with zero attached hydrogens (tertiary/aromatic N) is 1. The number of hydroxylamine groups is 2. The third-order valence-electron chi connectivity index (χ3n) is 3.23. The van der Waals surface area contributed by atoms with Gasteiger partial charge in [0.15, 0.2) is 8.03 Å². The molecule has 2 rings (SSSR count). The van der Waals surface area contributed by atoms with E-state index in [1.54, 1.807) is 12.1 Å². The van der Waals surface area contributed by atoms with Gasteiger partial charge in [-0.05, 0) is 29.7 Å². The van der Waals surface area contributed by atoms with Gasteiger partial charge in [-0.25, -0.2) is 5.06 Å². The van der Waals surface area contributed by atoms with Crippen molar-refractivity contribution in [3.63, 3.8) is 0 Å². The second kappa shape index (κ2) is 7.90. The van der Waals surface area contributed by atoms with Crippen molar-refractivity contribution in [2.24, 2.45) is 0 Å². The first-order chi connectivity index (χ1) is 10.6. The van der Waals surface area contributed by atoms with Crippen molar-refractivity contribution >= 4 is 13.9 Å². The molecule has 0 aromatic heterocycles. The van der Waals surface area contributed by atoms with Gasteiger partial charge in [0.05, 0.1) is 0 Å². The van der Waals surface area contributed by atoms with Crippen LogP contribution in [0.2, 0.25) is 0 Å². The molecule has 2 aromatic rings. The number of rotatable bonds is 6. The molecule has 2 N–H and O–H groups in total. The molecule has 116 valence electrons. The van der Waals surface area contributed by atoms with Crippen LogP contribution in [0.25, 0.3) is 11.1 Å². The second-order valence-electron chi connectivity index (χ2n) is 4.87. The lowest BCUT2D eigenvalue weighted by atomic mass is 10.0. The average Bonchev–Trinajstić information content (AvgIpc) is 2.54. The Morgan fingerprint density at radius 3 is 2.18 bits per heavy atom. The summed E-state index contributed by atoms with van der Waals surface area (Å²) in [4.78, 5) is 20.7. The van der Waals surface area contributed by atoms with Gasteiger partial charge in [-0.15, -0.1) is 0 Å². The number of hydrogen-bond donors (Lipinski definition) is 2. The van der Waals surface area contributed by atoms with E-state index in [0.717, 1.165) is 11.1 Å². The summed E-state index contributed by atoms with van der Waals surface area (Å²) < 4.78 is 10.6. The zero-order valence-electron chi connectivity index (χ0n) is 12.0. The van der Waals surface area contributed by atoms with E-state index in [-0.39, 0.29) is 12.7 Å². The highest BCUT2D eigenvalue weighted by Gasteiger charge is 2.13. The molecule has 0 spiro atoms. The molecule has 1 unspecified atom stereocenters. The summed E-state index contributed by atoms with van der Waals surface area (Å²) >= 11 is 0. The zero-order chi connectivity index (χ0) is 15.9. The Bertz CT molecular complexity index is 643. The van der Waals surface area contributed by atoms with E-state index in [1.807, 2.05) is 42.5 Å². The van der Waals surface area contributed by atoms with Crippen molar-refractivity contribution in [2.45, 2.75) is 6.42 Å². The summed E-state index contributed by atoms with van der Waals surface area (Å²) in [6.45, 7) is 0.0379. The maximum atomic E-state index is 12.0. The summed E-state index contributed by atoms with van der Waals surface area (Å²) in [7, 11) is -2.55. The van der Waals surface area contributed by atoms with Crippen LogP contribution in [0.5, 0.6) is 0 Å². The van der Waals surface area contributed by atoms with Crippen LogP contribution in [0.4, 0.5) is 0 Å². The van der Waals surface area contributed by atoms with Crippen molar-refractivity contribution in [3.8, 4) is 11.1 Å². The van der Waals surface area contributed by atoms with Gasteiger partial charge >= 0.3 is 0 Å². The zero-order valence-corrected chi connectivity index (χ0v) is 13.0. The molecule has 6 heteroatoms. The Morgan fingerprint density at radius 1 is 1.00 bits per heavy atom. The lowest BCUT2D eigenvalue weighted by Crippen LogP contribution is -2.28. The van der Waals surface area contributed by atoms with Gasteiger partial charge in [0, 0.05) is 18.3 Å². The molecule has 0 saturated carbocycles. The molecule has 22 heavy (non-hydrogen) atoms. The number of amides is 1. The van der Waals surface area contributed by atoms with Crippen molar-refractivity contribution in [1.29, 1.82) is 0 Å². The predicted molar refractivity (Wildman–Crippen MR) is 85.4 cm³/mol. The van der Waals surface area contributed by atoms with E-state index in [2.05, 4.69) is 0 Å². The van der Waals surface area contributed by atoms with Crippen LogP contribution in [0.15, 0.2) is 54.6 Å². The number of carbonyl (C=O) groups is 1. The van der Waals surface area contributed by atoms with Gasteiger partial charge in [-0.3, -0.25) is 14.6 Å². The van der Waals surface area contributed by atoms with Gasteiger partial charge in [0.25, 0.3) is 5.91 Å². The van der Waals surface area contributed by atoms with E-state index in [0.29, 0.717) is 17.0 Å². The SMILES string of the molecule is O=C(c1ccc(-c2ccccc2)cc1)N(O)CCC[PH](=O)O. The molecule has 0 aliphatic rings. The molecule has 0 aliphatic carbocycles. The highest BCUT2D eigenvalue weighted by molar-refractivity contribution is 7.37. The Hall–Kier alpha value is -1.94. The maximum Gasteiger partial charge on any atom is 0.277 e. The third kappa shape index (κ3) is 4.53. The normalized spacial score (nSPS) is 11.9.